The van der Waals surface area contributed by atoms with Crippen molar-refractivity contribution in [3.8, 4) is 0 Å². The van der Waals surface area contributed by atoms with Crippen molar-refractivity contribution in [3.63, 3.8) is 0 Å². The van der Waals surface area contributed by atoms with Gasteiger partial charge in [0.1, 0.15) is 5.54 Å². The van der Waals surface area contributed by atoms with Crippen molar-refractivity contribution in [2.24, 2.45) is 0 Å². The smallest absolute Gasteiger partial charge is 0.329 e. The first-order chi connectivity index (χ1) is 9.43. The Labute approximate surface area is 127 Å². The Morgan fingerprint density at radius 3 is 2.10 bits per heavy atom. The first-order valence-corrected chi connectivity index (χ1v) is 7.20. The van der Waals surface area contributed by atoms with Gasteiger partial charge in [0.05, 0.1) is 0 Å². The van der Waals surface area contributed by atoms with Gasteiger partial charge in [0, 0.05) is 15.6 Å². The third-order valence-electron chi connectivity index (χ3n) is 3.59. The van der Waals surface area contributed by atoms with Crippen LogP contribution in [-0.4, -0.2) is 22.5 Å². The molecule has 0 spiro atoms. The second-order valence-corrected chi connectivity index (χ2v) is 5.93. The molecule has 1 amide bonds. The quantitative estimate of drug-likeness (QED) is 0.897. The number of carboxylic acid groups (broad SMARTS) is 1. The molecule has 1 fully saturated rings. The van der Waals surface area contributed by atoms with E-state index in [1.54, 1.807) is 0 Å². The second kappa shape index (κ2) is 6.02. The highest BCUT2D eigenvalue weighted by Crippen LogP contribution is 2.29. The molecule has 2 N–H and O–H groups in total. The zero-order valence-corrected chi connectivity index (χ0v) is 12.3. The Balaban J connectivity index is 2.22. The predicted octanol–water partition coefficient (Wildman–Crippen LogP) is 3.51. The Morgan fingerprint density at radius 1 is 1.05 bits per heavy atom. The molecule has 1 aromatic rings. The fourth-order valence-electron chi connectivity index (χ4n) is 2.52. The molecule has 1 aliphatic carbocycles. The summed E-state index contributed by atoms with van der Waals surface area (Å²) in [6.07, 6.45) is 3.48. The summed E-state index contributed by atoms with van der Waals surface area (Å²) in [5.74, 6) is -1.45. The molecule has 1 saturated carbocycles. The molecule has 1 aliphatic rings. The van der Waals surface area contributed by atoms with Crippen LogP contribution in [0.5, 0.6) is 0 Å². The van der Waals surface area contributed by atoms with E-state index in [2.05, 4.69) is 5.32 Å². The fraction of sp³-hybridized carbons (Fsp3) is 0.429. The van der Waals surface area contributed by atoms with Gasteiger partial charge in [-0.15, -0.1) is 0 Å². The van der Waals surface area contributed by atoms with Crippen molar-refractivity contribution < 1.29 is 14.7 Å². The predicted molar refractivity (Wildman–Crippen MR) is 77.4 cm³/mol. The first kappa shape index (κ1) is 15.1. The van der Waals surface area contributed by atoms with Gasteiger partial charge >= 0.3 is 5.97 Å². The van der Waals surface area contributed by atoms with E-state index < -0.39 is 17.4 Å². The molecule has 1 aromatic carbocycles. The number of carbonyl (C=O) groups excluding carboxylic acids is 1. The molecule has 0 saturated heterocycles. The average Bonchev–Trinajstić information content (AvgIpc) is 2.38. The first-order valence-electron chi connectivity index (χ1n) is 6.45. The van der Waals surface area contributed by atoms with Crippen LogP contribution in [0.2, 0.25) is 10.0 Å². The molecular weight excluding hydrogens is 301 g/mol. The fourth-order valence-corrected chi connectivity index (χ4v) is 3.05. The van der Waals surface area contributed by atoms with Crippen LogP contribution in [0, 0.1) is 0 Å². The van der Waals surface area contributed by atoms with Gasteiger partial charge in [-0.25, -0.2) is 4.79 Å². The maximum atomic E-state index is 12.2. The number of amides is 1. The van der Waals surface area contributed by atoms with Gasteiger partial charge < -0.3 is 10.4 Å². The lowest BCUT2D eigenvalue weighted by Crippen LogP contribution is -2.55. The molecule has 0 atom stereocenters. The summed E-state index contributed by atoms with van der Waals surface area (Å²) in [6, 6.07) is 4.47. The van der Waals surface area contributed by atoms with Crippen LogP contribution >= 0.6 is 23.2 Å². The molecule has 20 heavy (non-hydrogen) atoms. The summed E-state index contributed by atoms with van der Waals surface area (Å²) < 4.78 is 0. The van der Waals surface area contributed by atoms with Crippen LogP contribution in [0.1, 0.15) is 42.5 Å². The molecule has 0 unspecified atom stereocenters. The zero-order valence-electron chi connectivity index (χ0n) is 10.8. The number of nitrogens with one attached hydrogen (secondary N) is 1. The highest BCUT2D eigenvalue weighted by molar-refractivity contribution is 6.35. The van der Waals surface area contributed by atoms with Crippen LogP contribution in [0.4, 0.5) is 0 Å². The maximum Gasteiger partial charge on any atom is 0.329 e. The van der Waals surface area contributed by atoms with Gasteiger partial charge in [-0.1, -0.05) is 42.5 Å². The molecule has 0 aliphatic heterocycles. The minimum absolute atomic E-state index is 0.272. The molecular formula is C14H15Cl2NO3. The number of carboxylic acids is 1. The maximum absolute atomic E-state index is 12.2. The van der Waals surface area contributed by atoms with Crippen molar-refractivity contribution in [3.05, 3.63) is 33.8 Å². The number of halogens is 2. The molecule has 0 bridgehead atoms. The SMILES string of the molecule is O=C(NC1(C(=O)O)CCCCC1)c1cc(Cl)cc(Cl)c1. The van der Waals surface area contributed by atoms with E-state index in [1.165, 1.54) is 18.2 Å². The van der Waals surface area contributed by atoms with Crippen LogP contribution in [0.3, 0.4) is 0 Å². The van der Waals surface area contributed by atoms with Crippen molar-refractivity contribution in [1.29, 1.82) is 0 Å². The minimum Gasteiger partial charge on any atom is -0.480 e. The van der Waals surface area contributed by atoms with Gasteiger partial charge in [-0.3, -0.25) is 4.79 Å². The van der Waals surface area contributed by atoms with E-state index in [1.807, 2.05) is 0 Å². The van der Waals surface area contributed by atoms with Crippen molar-refractivity contribution >= 4 is 35.1 Å². The lowest BCUT2D eigenvalue weighted by Gasteiger charge is -2.34. The van der Waals surface area contributed by atoms with Gasteiger partial charge in [-0.2, -0.15) is 0 Å². The molecule has 0 heterocycles. The van der Waals surface area contributed by atoms with E-state index >= 15 is 0 Å². The molecule has 0 aromatic heterocycles. The second-order valence-electron chi connectivity index (χ2n) is 5.06. The normalized spacial score (nSPS) is 17.5. The molecule has 6 heteroatoms. The third-order valence-corrected chi connectivity index (χ3v) is 4.03. The van der Waals surface area contributed by atoms with E-state index in [9.17, 15) is 14.7 Å². The number of benzene rings is 1. The van der Waals surface area contributed by atoms with Crippen LogP contribution in [0.25, 0.3) is 0 Å². The van der Waals surface area contributed by atoms with Crippen molar-refractivity contribution in [2.45, 2.75) is 37.6 Å². The Hall–Kier alpha value is -1.26. The van der Waals surface area contributed by atoms with Gasteiger partial charge in [0.15, 0.2) is 0 Å². The van der Waals surface area contributed by atoms with Crippen LogP contribution in [-0.2, 0) is 4.79 Å². The van der Waals surface area contributed by atoms with Crippen molar-refractivity contribution in [2.75, 3.05) is 0 Å². The lowest BCUT2D eigenvalue weighted by atomic mass is 9.81. The number of rotatable bonds is 3. The van der Waals surface area contributed by atoms with Crippen LogP contribution < -0.4 is 5.32 Å². The number of carbonyl (C=O) groups is 2. The summed E-state index contributed by atoms with van der Waals surface area (Å²) in [5, 5.41) is 12.8. The largest absolute Gasteiger partial charge is 0.480 e. The highest BCUT2D eigenvalue weighted by atomic mass is 35.5. The third kappa shape index (κ3) is 3.25. The van der Waals surface area contributed by atoms with Gasteiger partial charge in [-0.05, 0) is 31.0 Å². The Bertz CT molecular complexity index is 519. The summed E-state index contributed by atoms with van der Waals surface area (Å²) >= 11 is 11.7. The minimum atomic E-state index is -1.18. The van der Waals surface area contributed by atoms with E-state index in [4.69, 9.17) is 23.2 Å². The van der Waals surface area contributed by atoms with E-state index in [-0.39, 0.29) is 5.56 Å². The Kier molecular flexibility index (Phi) is 4.55. The average molecular weight is 316 g/mol. The van der Waals surface area contributed by atoms with Crippen LogP contribution in [0.15, 0.2) is 18.2 Å². The lowest BCUT2D eigenvalue weighted by molar-refractivity contribution is -0.145. The summed E-state index contributed by atoms with van der Waals surface area (Å²) in [4.78, 5) is 23.7. The number of hydrogen-bond acceptors (Lipinski definition) is 2. The van der Waals surface area contributed by atoms with E-state index in [0.717, 1.165) is 19.3 Å². The monoisotopic (exact) mass is 315 g/mol. The van der Waals surface area contributed by atoms with Gasteiger partial charge in [0.2, 0.25) is 0 Å². The Morgan fingerprint density at radius 2 is 1.60 bits per heavy atom. The standard InChI is InChI=1S/C14H15Cl2NO3/c15-10-6-9(7-11(16)8-10)12(18)17-14(13(19)20)4-2-1-3-5-14/h6-8H,1-5H2,(H,17,18)(H,19,20). The number of hydrogen-bond donors (Lipinski definition) is 2. The molecule has 108 valence electrons. The molecule has 4 nitrogen and oxygen atoms in total. The number of aliphatic carboxylic acids is 1. The topological polar surface area (TPSA) is 66.4 Å². The molecule has 2 rings (SSSR count). The van der Waals surface area contributed by atoms with Gasteiger partial charge in [0.25, 0.3) is 5.91 Å². The summed E-state index contributed by atoms with van der Waals surface area (Å²) in [7, 11) is 0. The van der Waals surface area contributed by atoms with E-state index in [0.29, 0.717) is 22.9 Å². The molecule has 0 radical (unpaired) electrons. The zero-order chi connectivity index (χ0) is 14.8. The summed E-state index contributed by atoms with van der Waals surface area (Å²) in [6.45, 7) is 0. The van der Waals surface area contributed by atoms with Crippen molar-refractivity contribution in [1.82, 2.24) is 5.32 Å². The summed E-state index contributed by atoms with van der Waals surface area (Å²) in [5.41, 5.74) is -0.905. The highest BCUT2D eigenvalue weighted by Gasteiger charge is 2.41.